The normalized spacial score (nSPS) is 11.5. The number of nitrogens with one attached hydrogen (secondary N) is 2. The van der Waals surface area contributed by atoms with Gasteiger partial charge < -0.3 is 15.7 Å². The molecule has 0 amide bonds. The van der Waals surface area contributed by atoms with Crippen molar-refractivity contribution in [2.24, 2.45) is 0 Å². The van der Waals surface area contributed by atoms with Gasteiger partial charge in [0, 0.05) is 23.0 Å². The summed E-state index contributed by atoms with van der Waals surface area (Å²) in [5.74, 6) is -0.886. The van der Waals surface area contributed by atoms with Crippen LogP contribution in [0.25, 0.3) is 0 Å². The first kappa shape index (κ1) is 17.2. The van der Waals surface area contributed by atoms with Crippen LogP contribution < -0.4 is 10.6 Å². The Balaban J connectivity index is 2.08. The second kappa shape index (κ2) is 8.50. The van der Waals surface area contributed by atoms with Crippen LogP contribution in [0.1, 0.15) is 18.0 Å². The fourth-order valence-electron chi connectivity index (χ4n) is 2.02. The number of carboxylic acid groups (broad SMARTS) is 1. The van der Waals surface area contributed by atoms with E-state index in [0.29, 0.717) is 5.11 Å². The van der Waals surface area contributed by atoms with Gasteiger partial charge in [0.1, 0.15) is 0 Å². The molecular weight excluding hydrogens is 330 g/mol. The summed E-state index contributed by atoms with van der Waals surface area (Å²) < 4.78 is 0. The fraction of sp³-hybridized carbons (Fsp3) is 0.188. The molecule has 1 atom stereocenters. The third-order valence-corrected chi connectivity index (χ3v) is 4.10. The van der Waals surface area contributed by atoms with Gasteiger partial charge in [-0.3, -0.25) is 9.78 Å². The Morgan fingerprint density at radius 1 is 1.26 bits per heavy atom. The van der Waals surface area contributed by atoms with Gasteiger partial charge >= 0.3 is 5.97 Å². The first-order valence-corrected chi connectivity index (χ1v) is 8.55. The Labute approximate surface area is 144 Å². The molecule has 1 heterocycles. The van der Waals surface area contributed by atoms with Gasteiger partial charge in [-0.25, -0.2) is 0 Å². The van der Waals surface area contributed by atoms with Crippen LogP contribution >= 0.6 is 24.0 Å². The van der Waals surface area contributed by atoms with Gasteiger partial charge in [0.2, 0.25) is 0 Å². The predicted octanol–water partition coefficient (Wildman–Crippen LogP) is 3.31. The lowest BCUT2D eigenvalue weighted by Gasteiger charge is -2.20. The minimum absolute atomic E-state index is 0.0588. The molecule has 0 bridgehead atoms. The van der Waals surface area contributed by atoms with Gasteiger partial charge in [0.25, 0.3) is 0 Å². The van der Waals surface area contributed by atoms with E-state index < -0.39 is 12.0 Å². The van der Waals surface area contributed by atoms with Crippen molar-refractivity contribution in [3.05, 3.63) is 54.4 Å². The Kier molecular flexibility index (Phi) is 6.37. The van der Waals surface area contributed by atoms with Crippen molar-refractivity contribution in [2.75, 3.05) is 11.6 Å². The van der Waals surface area contributed by atoms with E-state index in [1.54, 1.807) is 36.3 Å². The van der Waals surface area contributed by atoms with Crippen LogP contribution in [0.3, 0.4) is 0 Å². The van der Waals surface area contributed by atoms with E-state index in [1.165, 1.54) is 0 Å². The zero-order valence-electron chi connectivity index (χ0n) is 12.5. The van der Waals surface area contributed by atoms with Gasteiger partial charge in [0.15, 0.2) is 5.11 Å². The first-order chi connectivity index (χ1) is 11.1. The zero-order chi connectivity index (χ0) is 16.7. The highest BCUT2D eigenvalue weighted by Crippen LogP contribution is 2.21. The number of anilines is 1. The molecule has 0 aliphatic heterocycles. The average molecular weight is 347 g/mol. The van der Waals surface area contributed by atoms with Crippen LogP contribution in [0.2, 0.25) is 0 Å². The summed E-state index contributed by atoms with van der Waals surface area (Å²) in [4.78, 5) is 16.2. The quantitative estimate of drug-likeness (QED) is 0.547. The molecular formula is C16H17N3O2S2. The van der Waals surface area contributed by atoms with E-state index in [2.05, 4.69) is 15.6 Å². The number of thiocarbonyl (C=S) groups is 1. The van der Waals surface area contributed by atoms with Crippen LogP contribution in [0, 0.1) is 0 Å². The Bertz CT molecular complexity index is 663. The van der Waals surface area contributed by atoms with Crippen molar-refractivity contribution < 1.29 is 9.90 Å². The number of aliphatic carboxylic acids is 1. The molecule has 2 rings (SSSR count). The monoisotopic (exact) mass is 347 g/mol. The number of rotatable bonds is 6. The molecule has 1 aromatic heterocycles. The molecule has 0 aliphatic rings. The van der Waals surface area contributed by atoms with Crippen molar-refractivity contribution in [3.63, 3.8) is 0 Å². The molecule has 0 saturated carbocycles. The smallest absolute Gasteiger partial charge is 0.305 e. The van der Waals surface area contributed by atoms with E-state index >= 15 is 0 Å². The van der Waals surface area contributed by atoms with Crippen LogP contribution in [-0.4, -0.2) is 27.4 Å². The number of pyridine rings is 1. The molecule has 7 heteroatoms. The summed E-state index contributed by atoms with van der Waals surface area (Å²) >= 11 is 6.91. The Morgan fingerprint density at radius 3 is 2.48 bits per heavy atom. The van der Waals surface area contributed by atoms with Gasteiger partial charge in [0.05, 0.1) is 12.5 Å². The third kappa shape index (κ3) is 5.54. The Hall–Kier alpha value is -2.12. The molecule has 2 aromatic rings. The van der Waals surface area contributed by atoms with E-state index in [0.717, 1.165) is 16.1 Å². The summed E-state index contributed by atoms with van der Waals surface area (Å²) in [6.07, 6.45) is 5.24. The number of benzene rings is 1. The van der Waals surface area contributed by atoms with Crippen LogP contribution in [-0.2, 0) is 4.79 Å². The topological polar surface area (TPSA) is 74.2 Å². The molecule has 1 unspecified atom stereocenters. The van der Waals surface area contributed by atoms with E-state index in [-0.39, 0.29) is 6.42 Å². The van der Waals surface area contributed by atoms with Gasteiger partial charge in [-0.15, -0.1) is 11.8 Å². The number of carboxylic acids is 1. The lowest BCUT2D eigenvalue weighted by molar-refractivity contribution is -0.137. The molecule has 0 saturated heterocycles. The molecule has 0 spiro atoms. The number of hydrogen-bond donors (Lipinski definition) is 3. The van der Waals surface area contributed by atoms with Crippen LogP contribution in [0.15, 0.2) is 53.7 Å². The lowest BCUT2D eigenvalue weighted by Crippen LogP contribution is -2.33. The van der Waals surface area contributed by atoms with Crippen molar-refractivity contribution in [2.45, 2.75) is 17.4 Å². The second-order valence-corrected chi connectivity index (χ2v) is 6.05. The van der Waals surface area contributed by atoms with Gasteiger partial charge in [-0.2, -0.15) is 0 Å². The summed E-state index contributed by atoms with van der Waals surface area (Å²) in [7, 11) is 0. The number of hydrogen-bond acceptors (Lipinski definition) is 4. The molecule has 0 fully saturated rings. The molecule has 0 radical (unpaired) electrons. The van der Waals surface area contributed by atoms with E-state index in [4.69, 9.17) is 17.3 Å². The molecule has 0 aliphatic carbocycles. The molecule has 120 valence electrons. The highest BCUT2D eigenvalue weighted by molar-refractivity contribution is 7.98. The summed E-state index contributed by atoms with van der Waals surface area (Å²) in [6.45, 7) is 0. The number of carbonyl (C=O) groups is 1. The third-order valence-electron chi connectivity index (χ3n) is 3.14. The molecule has 3 N–H and O–H groups in total. The Morgan fingerprint density at radius 2 is 1.91 bits per heavy atom. The number of nitrogens with zero attached hydrogens (tertiary/aromatic N) is 1. The van der Waals surface area contributed by atoms with Crippen LogP contribution in [0.4, 0.5) is 5.69 Å². The van der Waals surface area contributed by atoms with Crippen molar-refractivity contribution in [3.8, 4) is 0 Å². The average Bonchev–Trinajstić information content (AvgIpc) is 2.55. The highest BCUT2D eigenvalue weighted by atomic mass is 32.2. The fourth-order valence-corrected chi connectivity index (χ4v) is 2.69. The molecule has 1 aromatic carbocycles. The van der Waals surface area contributed by atoms with E-state index in [9.17, 15) is 4.79 Å². The minimum Gasteiger partial charge on any atom is -0.481 e. The van der Waals surface area contributed by atoms with Crippen molar-refractivity contribution >= 4 is 40.7 Å². The lowest BCUT2D eigenvalue weighted by atomic mass is 10.0. The minimum atomic E-state index is -0.886. The number of aromatic nitrogens is 1. The van der Waals surface area contributed by atoms with Crippen molar-refractivity contribution in [1.82, 2.24) is 10.3 Å². The SMILES string of the molecule is CSc1ccc(C(CC(=O)O)NC(=S)Nc2ccncc2)cc1. The zero-order valence-corrected chi connectivity index (χ0v) is 14.2. The molecule has 23 heavy (non-hydrogen) atoms. The summed E-state index contributed by atoms with van der Waals surface area (Å²) in [6, 6.07) is 10.9. The van der Waals surface area contributed by atoms with Crippen LogP contribution in [0.5, 0.6) is 0 Å². The maximum atomic E-state index is 11.1. The summed E-state index contributed by atoms with van der Waals surface area (Å²) in [5, 5.41) is 15.6. The summed E-state index contributed by atoms with van der Waals surface area (Å²) in [5.41, 5.74) is 1.67. The number of thioether (sulfide) groups is 1. The van der Waals surface area contributed by atoms with Gasteiger partial charge in [-0.1, -0.05) is 12.1 Å². The standard InChI is InChI=1S/C16H17N3O2S2/c1-23-13-4-2-11(3-5-13)14(10-15(20)21)19-16(22)18-12-6-8-17-9-7-12/h2-9,14H,10H2,1H3,(H,20,21)(H2,17,18,19,22). The first-order valence-electron chi connectivity index (χ1n) is 6.92. The van der Waals surface area contributed by atoms with Gasteiger partial charge in [-0.05, 0) is 48.3 Å². The largest absolute Gasteiger partial charge is 0.481 e. The molecule has 5 nitrogen and oxygen atoms in total. The maximum Gasteiger partial charge on any atom is 0.305 e. The second-order valence-electron chi connectivity index (χ2n) is 4.76. The van der Waals surface area contributed by atoms with E-state index in [1.807, 2.05) is 30.5 Å². The van der Waals surface area contributed by atoms with Crippen molar-refractivity contribution in [1.29, 1.82) is 0 Å². The predicted molar refractivity (Wildman–Crippen MR) is 96.8 cm³/mol. The highest BCUT2D eigenvalue weighted by Gasteiger charge is 2.16. The maximum absolute atomic E-state index is 11.1.